The highest BCUT2D eigenvalue weighted by atomic mass is 32.2. The Balaban J connectivity index is 2.20. The first-order valence-electron chi connectivity index (χ1n) is 6.21. The fourth-order valence-electron chi connectivity index (χ4n) is 2.21. The van der Waals surface area contributed by atoms with Crippen molar-refractivity contribution in [2.24, 2.45) is 4.99 Å². The van der Waals surface area contributed by atoms with Gasteiger partial charge in [-0.1, -0.05) is 12.1 Å². The van der Waals surface area contributed by atoms with E-state index in [9.17, 15) is 22.4 Å². The van der Waals surface area contributed by atoms with Crippen LogP contribution in [0.5, 0.6) is 0 Å². The molecule has 114 valence electrons. The molecule has 1 aliphatic heterocycles. The number of nitrogens with zero attached hydrogens (tertiary/aromatic N) is 2. The number of hydroxylamine groups is 2. The van der Waals surface area contributed by atoms with Crippen molar-refractivity contribution in [3.05, 3.63) is 53.6 Å². The molecule has 0 atom stereocenters. The summed E-state index contributed by atoms with van der Waals surface area (Å²) in [7, 11) is -4.14. The molecule has 8 heteroatoms. The fourth-order valence-corrected chi connectivity index (χ4v) is 3.69. The number of aliphatic imine (C=N–C) groups is 1. The molecular formula is C14H10F2N2O3S. The Labute approximate surface area is 125 Å². The fraction of sp³-hybridized carbons (Fsp3) is 0.0714. The maximum Gasteiger partial charge on any atom is 0.208 e. The highest BCUT2D eigenvalue weighted by molar-refractivity contribution is 7.91. The molecule has 0 saturated carbocycles. The van der Waals surface area contributed by atoms with E-state index in [0.29, 0.717) is 11.6 Å². The van der Waals surface area contributed by atoms with E-state index in [4.69, 9.17) is 0 Å². The van der Waals surface area contributed by atoms with Gasteiger partial charge >= 0.3 is 0 Å². The van der Waals surface area contributed by atoms with Crippen LogP contribution in [0.4, 0.5) is 14.5 Å². The summed E-state index contributed by atoms with van der Waals surface area (Å²) in [6.07, 6.45) is 1.08. The van der Waals surface area contributed by atoms with Crippen molar-refractivity contribution in [3.8, 4) is 0 Å². The summed E-state index contributed by atoms with van der Waals surface area (Å²) in [6.45, 7) is 0.0692. The predicted molar refractivity (Wildman–Crippen MR) is 73.7 cm³/mol. The van der Waals surface area contributed by atoms with Gasteiger partial charge in [-0.3, -0.25) is 5.21 Å². The lowest BCUT2D eigenvalue weighted by Crippen LogP contribution is -2.20. The van der Waals surface area contributed by atoms with E-state index in [2.05, 4.69) is 4.99 Å². The number of sulfone groups is 1. The van der Waals surface area contributed by atoms with Crippen molar-refractivity contribution in [1.82, 2.24) is 5.06 Å². The number of rotatable bonds is 2. The molecule has 0 aliphatic carbocycles. The largest absolute Gasteiger partial charge is 0.287 e. The zero-order valence-corrected chi connectivity index (χ0v) is 11.9. The number of benzene rings is 2. The molecule has 5 nitrogen and oxygen atoms in total. The van der Waals surface area contributed by atoms with Gasteiger partial charge in [-0.2, -0.15) is 0 Å². The molecule has 0 aromatic heterocycles. The normalized spacial score (nSPS) is 14.0. The van der Waals surface area contributed by atoms with Crippen LogP contribution in [0.3, 0.4) is 0 Å². The molecule has 0 amide bonds. The van der Waals surface area contributed by atoms with Gasteiger partial charge in [0.1, 0.15) is 18.0 Å². The summed E-state index contributed by atoms with van der Waals surface area (Å²) >= 11 is 0. The van der Waals surface area contributed by atoms with E-state index >= 15 is 0 Å². The van der Waals surface area contributed by atoms with Gasteiger partial charge in [-0.25, -0.2) is 27.3 Å². The van der Waals surface area contributed by atoms with Crippen LogP contribution in [0.25, 0.3) is 0 Å². The third-order valence-electron chi connectivity index (χ3n) is 3.17. The maximum absolute atomic E-state index is 13.3. The standard InChI is InChI=1S/C14H10F2N2O3S/c15-10-4-11(16)6-12(5-10)22(20,21)13-3-1-2-9-7-18(19)8-17-14(9)13/h1-6,8,19H,7H2. The number of fused-ring (bicyclic) bond motifs is 1. The lowest BCUT2D eigenvalue weighted by molar-refractivity contribution is -0.0179. The summed E-state index contributed by atoms with van der Waals surface area (Å²) in [6, 6.07) is 6.50. The summed E-state index contributed by atoms with van der Waals surface area (Å²) < 4.78 is 51.8. The van der Waals surface area contributed by atoms with E-state index in [1.54, 1.807) is 6.07 Å². The highest BCUT2D eigenvalue weighted by Gasteiger charge is 2.25. The van der Waals surface area contributed by atoms with E-state index in [1.807, 2.05) is 0 Å². The Morgan fingerprint density at radius 2 is 1.82 bits per heavy atom. The molecule has 22 heavy (non-hydrogen) atoms. The molecular weight excluding hydrogens is 314 g/mol. The van der Waals surface area contributed by atoms with Crippen molar-refractivity contribution < 1.29 is 22.4 Å². The van der Waals surface area contributed by atoms with E-state index < -0.39 is 26.4 Å². The van der Waals surface area contributed by atoms with E-state index in [0.717, 1.165) is 23.5 Å². The molecule has 1 N–H and O–H groups in total. The Morgan fingerprint density at radius 1 is 1.14 bits per heavy atom. The summed E-state index contributed by atoms with van der Waals surface area (Å²) in [5.74, 6) is -1.96. The van der Waals surface area contributed by atoms with Crippen molar-refractivity contribution in [2.45, 2.75) is 16.3 Å². The Kier molecular flexibility index (Phi) is 3.42. The minimum atomic E-state index is -4.14. The lowest BCUT2D eigenvalue weighted by Gasteiger charge is -2.19. The third kappa shape index (κ3) is 2.46. The van der Waals surface area contributed by atoms with Crippen molar-refractivity contribution in [3.63, 3.8) is 0 Å². The quantitative estimate of drug-likeness (QED) is 0.922. The smallest absolute Gasteiger partial charge is 0.208 e. The molecule has 0 radical (unpaired) electrons. The zero-order valence-electron chi connectivity index (χ0n) is 11.1. The van der Waals surface area contributed by atoms with E-state index in [1.165, 1.54) is 12.1 Å². The summed E-state index contributed by atoms with van der Waals surface area (Å²) in [5.41, 5.74) is 0.639. The molecule has 0 spiro atoms. The predicted octanol–water partition coefficient (Wildman–Crippen LogP) is 2.66. The van der Waals surface area contributed by atoms with Gasteiger partial charge < -0.3 is 0 Å². The van der Waals surface area contributed by atoms with Crippen LogP contribution in [-0.2, 0) is 16.4 Å². The van der Waals surface area contributed by atoms with Crippen LogP contribution in [0.15, 0.2) is 51.2 Å². The summed E-state index contributed by atoms with van der Waals surface area (Å²) in [4.78, 5) is 3.24. The first kappa shape index (κ1) is 14.6. The minimum absolute atomic E-state index is 0.0692. The second-order valence-corrected chi connectivity index (χ2v) is 6.63. The molecule has 1 heterocycles. The minimum Gasteiger partial charge on any atom is -0.287 e. The monoisotopic (exact) mass is 324 g/mol. The molecule has 0 fully saturated rings. The van der Waals surface area contributed by atoms with Crippen LogP contribution in [-0.4, -0.2) is 25.0 Å². The van der Waals surface area contributed by atoms with E-state index in [-0.39, 0.29) is 17.1 Å². The molecule has 0 unspecified atom stereocenters. The van der Waals surface area contributed by atoms with Gasteiger partial charge in [0.05, 0.1) is 22.0 Å². The second-order valence-electron chi connectivity index (χ2n) is 4.71. The van der Waals surface area contributed by atoms with Gasteiger partial charge in [-0.05, 0) is 18.2 Å². The number of para-hydroxylation sites is 1. The first-order valence-corrected chi connectivity index (χ1v) is 7.69. The molecule has 2 aromatic rings. The van der Waals surface area contributed by atoms with Gasteiger partial charge in [0.15, 0.2) is 0 Å². The Hall–Kier alpha value is -2.32. The number of hydrogen-bond acceptors (Lipinski definition) is 5. The Bertz CT molecular complexity index is 861. The second kappa shape index (κ2) is 5.15. The van der Waals surface area contributed by atoms with Gasteiger partial charge in [0.25, 0.3) is 0 Å². The Morgan fingerprint density at radius 3 is 2.50 bits per heavy atom. The van der Waals surface area contributed by atoms with Crippen LogP contribution in [0.1, 0.15) is 5.56 Å². The van der Waals surface area contributed by atoms with Gasteiger partial charge in [0.2, 0.25) is 9.84 Å². The zero-order chi connectivity index (χ0) is 15.9. The molecule has 2 aromatic carbocycles. The van der Waals surface area contributed by atoms with Crippen LogP contribution < -0.4 is 0 Å². The van der Waals surface area contributed by atoms with Crippen LogP contribution in [0.2, 0.25) is 0 Å². The van der Waals surface area contributed by atoms with Gasteiger partial charge in [0, 0.05) is 11.6 Å². The topological polar surface area (TPSA) is 70.0 Å². The van der Waals surface area contributed by atoms with Crippen molar-refractivity contribution in [2.75, 3.05) is 0 Å². The average molecular weight is 324 g/mol. The third-order valence-corrected chi connectivity index (χ3v) is 4.94. The number of hydrogen-bond donors (Lipinski definition) is 1. The highest BCUT2D eigenvalue weighted by Crippen LogP contribution is 2.35. The summed E-state index contributed by atoms with van der Waals surface area (Å²) in [5, 5.41) is 10.2. The first-order chi connectivity index (χ1) is 10.4. The lowest BCUT2D eigenvalue weighted by atomic mass is 10.1. The van der Waals surface area contributed by atoms with Crippen LogP contribution >= 0.6 is 0 Å². The number of halogens is 2. The SMILES string of the molecule is O=S(=O)(c1cc(F)cc(F)c1)c1cccc2c1N=CN(O)C2. The molecule has 3 rings (SSSR count). The van der Waals surface area contributed by atoms with Crippen molar-refractivity contribution >= 4 is 21.9 Å². The molecule has 0 bridgehead atoms. The average Bonchev–Trinajstić information content (AvgIpc) is 2.45. The van der Waals surface area contributed by atoms with Crippen LogP contribution in [0, 0.1) is 11.6 Å². The van der Waals surface area contributed by atoms with Gasteiger partial charge in [-0.15, -0.1) is 0 Å². The maximum atomic E-state index is 13.3. The molecule has 1 aliphatic rings. The van der Waals surface area contributed by atoms with Crippen molar-refractivity contribution in [1.29, 1.82) is 0 Å². The molecule has 0 saturated heterocycles.